The van der Waals surface area contributed by atoms with Crippen molar-refractivity contribution >= 4 is 0 Å². The molecular formula is C15H25N3. The van der Waals surface area contributed by atoms with Gasteiger partial charge in [-0.05, 0) is 56.8 Å². The highest BCUT2D eigenvalue weighted by Gasteiger charge is 2.33. The van der Waals surface area contributed by atoms with Crippen LogP contribution in [0.3, 0.4) is 0 Å². The van der Waals surface area contributed by atoms with Crippen LogP contribution in [0.1, 0.15) is 31.7 Å². The highest BCUT2D eigenvalue weighted by atomic mass is 15.2. The number of nitrogens with one attached hydrogen (secondary N) is 1. The quantitative estimate of drug-likeness (QED) is 0.830. The second-order valence-corrected chi connectivity index (χ2v) is 5.86. The third kappa shape index (κ3) is 2.96. The molecule has 18 heavy (non-hydrogen) atoms. The minimum atomic E-state index is 0.874. The standard InChI is InChI=1S/C15H25N3/c1-2-17-7-5-13(11-17)9-16-10-14-6-8-18(12-14)15-3-4-15/h5,7,11,14-16H,2-4,6,8-10,12H2,1H3. The largest absolute Gasteiger partial charge is 0.354 e. The van der Waals surface area contributed by atoms with Gasteiger partial charge < -0.3 is 14.8 Å². The van der Waals surface area contributed by atoms with E-state index in [0.29, 0.717) is 0 Å². The molecule has 2 aliphatic rings. The number of nitrogens with zero attached hydrogens (tertiary/aromatic N) is 2. The smallest absolute Gasteiger partial charge is 0.0220 e. The molecule has 3 nitrogen and oxygen atoms in total. The Morgan fingerprint density at radius 3 is 2.94 bits per heavy atom. The van der Waals surface area contributed by atoms with Gasteiger partial charge in [-0.25, -0.2) is 0 Å². The molecule has 1 aliphatic carbocycles. The Hall–Kier alpha value is -0.800. The number of likely N-dealkylation sites (tertiary alicyclic amines) is 1. The van der Waals surface area contributed by atoms with E-state index in [1.807, 2.05) is 0 Å². The lowest BCUT2D eigenvalue weighted by atomic mass is 10.1. The Morgan fingerprint density at radius 2 is 2.22 bits per heavy atom. The maximum Gasteiger partial charge on any atom is 0.0220 e. The van der Waals surface area contributed by atoms with Crippen LogP contribution in [0, 0.1) is 5.92 Å². The summed E-state index contributed by atoms with van der Waals surface area (Å²) in [6.07, 6.45) is 8.70. The van der Waals surface area contributed by atoms with Crippen LogP contribution in [0.25, 0.3) is 0 Å². The summed E-state index contributed by atoms with van der Waals surface area (Å²) in [7, 11) is 0. The molecule has 1 N–H and O–H groups in total. The third-order valence-electron chi connectivity index (χ3n) is 4.32. The monoisotopic (exact) mass is 247 g/mol. The molecule has 1 saturated heterocycles. The molecule has 3 heteroatoms. The summed E-state index contributed by atoms with van der Waals surface area (Å²) < 4.78 is 2.24. The zero-order valence-electron chi connectivity index (χ0n) is 11.4. The second-order valence-electron chi connectivity index (χ2n) is 5.86. The number of hydrogen-bond donors (Lipinski definition) is 1. The van der Waals surface area contributed by atoms with Crippen molar-refractivity contribution in [3.63, 3.8) is 0 Å². The molecule has 1 aliphatic heterocycles. The second kappa shape index (κ2) is 5.45. The minimum absolute atomic E-state index is 0.874. The summed E-state index contributed by atoms with van der Waals surface area (Å²) in [5.41, 5.74) is 1.41. The van der Waals surface area contributed by atoms with Crippen LogP contribution in [0.4, 0.5) is 0 Å². The van der Waals surface area contributed by atoms with Crippen LogP contribution in [0.5, 0.6) is 0 Å². The summed E-state index contributed by atoms with van der Waals surface area (Å²) in [5, 5.41) is 3.62. The number of aromatic nitrogens is 1. The first-order valence-corrected chi connectivity index (χ1v) is 7.44. The predicted molar refractivity (Wildman–Crippen MR) is 74.5 cm³/mol. The van der Waals surface area contributed by atoms with Gasteiger partial charge in [-0.15, -0.1) is 0 Å². The lowest BCUT2D eigenvalue weighted by Gasteiger charge is -2.15. The fourth-order valence-corrected chi connectivity index (χ4v) is 3.01. The van der Waals surface area contributed by atoms with Gasteiger partial charge in [0.05, 0.1) is 0 Å². The van der Waals surface area contributed by atoms with Crippen molar-refractivity contribution in [1.82, 2.24) is 14.8 Å². The molecule has 0 spiro atoms. The maximum atomic E-state index is 3.62. The van der Waals surface area contributed by atoms with E-state index in [-0.39, 0.29) is 0 Å². The predicted octanol–water partition coefficient (Wildman–Crippen LogP) is 2.08. The van der Waals surface area contributed by atoms with Crippen molar-refractivity contribution in [3.05, 3.63) is 24.0 Å². The molecule has 1 atom stereocenters. The van der Waals surface area contributed by atoms with Crippen LogP contribution in [0.2, 0.25) is 0 Å². The normalized spacial score (nSPS) is 24.8. The highest BCUT2D eigenvalue weighted by Crippen LogP contribution is 2.31. The van der Waals surface area contributed by atoms with Crippen LogP contribution < -0.4 is 5.32 Å². The van der Waals surface area contributed by atoms with E-state index >= 15 is 0 Å². The van der Waals surface area contributed by atoms with E-state index in [9.17, 15) is 0 Å². The average molecular weight is 247 g/mol. The van der Waals surface area contributed by atoms with Gasteiger partial charge >= 0.3 is 0 Å². The summed E-state index contributed by atoms with van der Waals surface area (Å²) in [6, 6.07) is 3.18. The van der Waals surface area contributed by atoms with Gasteiger partial charge in [0.25, 0.3) is 0 Å². The summed E-state index contributed by atoms with van der Waals surface area (Å²) in [4.78, 5) is 2.69. The van der Waals surface area contributed by atoms with Crippen molar-refractivity contribution in [2.45, 2.75) is 45.3 Å². The molecule has 3 rings (SSSR count). The number of rotatable bonds is 6. The van der Waals surface area contributed by atoms with E-state index in [2.05, 4.69) is 40.2 Å². The molecule has 1 aromatic heterocycles. The van der Waals surface area contributed by atoms with Gasteiger partial charge in [-0.2, -0.15) is 0 Å². The van der Waals surface area contributed by atoms with Crippen molar-refractivity contribution in [3.8, 4) is 0 Å². The van der Waals surface area contributed by atoms with Crippen molar-refractivity contribution in [1.29, 1.82) is 0 Å². The molecular weight excluding hydrogens is 222 g/mol. The lowest BCUT2D eigenvalue weighted by molar-refractivity contribution is 0.312. The fourth-order valence-electron chi connectivity index (χ4n) is 3.01. The van der Waals surface area contributed by atoms with E-state index in [1.54, 1.807) is 0 Å². The first-order valence-electron chi connectivity index (χ1n) is 7.44. The first kappa shape index (κ1) is 12.2. The molecule has 100 valence electrons. The van der Waals surface area contributed by atoms with Crippen LogP contribution in [-0.4, -0.2) is 35.1 Å². The molecule has 1 aromatic rings. The molecule has 1 saturated carbocycles. The molecule has 0 amide bonds. The molecule has 2 fully saturated rings. The highest BCUT2D eigenvalue weighted by molar-refractivity contribution is 5.09. The Bertz CT molecular complexity index is 381. The first-order chi connectivity index (χ1) is 8.85. The molecule has 1 unspecified atom stereocenters. The van der Waals surface area contributed by atoms with Gasteiger partial charge in [-0.1, -0.05) is 0 Å². The average Bonchev–Trinajstić information content (AvgIpc) is 2.96. The molecule has 0 bridgehead atoms. The van der Waals surface area contributed by atoms with E-state index in [0.717, 1.165) is 25.0 Å². The Kier molecular flexibility index (Phi) is 3.71. The zero-order valence-corrected chi connectivity index (χ0v) is 11.4. The van der Waals surface area contributed by atoms with E-state index in [1.165, 1.54) is 44.5 Å². The summed E-state index contributed by atoms with van der Waals surface area (Å²) in [5.74, 6) is 0.874. The molecule has 2 heterocycles. The fraction of sp³-hybridized carbons (Fsp3) is 0.733. The van der Waals surface area contributed by atoms with Crippen LogP contribution in [-0.2, 0) is 13.1 Å². The molecule has 0 radical (unpaired) electrons. The van der Waals surface area contributed by atoms with Gasteiger partial charge in [-0.3, -0.25) is 0 Å². The van der Waals surface area contributed by atoms with Gasteiger partial charge in [0.15, 0.2) is 0 Å². The lowest BCUT2D eigenvalue weighted by Crippen LogP contribution is -2.27. The third-order valence-corrected chi connectivity index (χ3v) is 4.32. The maximum absolute atomic E-state index is 3.62. The Balaban J connectivity index is 1.37. The van der Waals surface area contributed by atoms with Gasteiger partial charge in [0.1, 0.15) is 0 Å². The number of aryl methyl sites for hydroxylation is 1. The van der Waals surface area contributed by atoms with E-state index < -0.39 is 0 Å². The molecule has 0 aromatic carbocycles. The minimum Gasteiger partial charge on any atom is -0.354 e. The SMILES string of the molecule is CCn1ccc(CNCC2CCN(C3CC3)C2)c1. The van der Waals surface area contributed by atoms with Crippen molar-refractivity contribution < 1.29 is 0 Å². The topological polar surface area (TPSA) is 20.2 Å². The summed E-state index contributed by atoms with van der Waals surface area (Å²) in [6.45, 7) is 8.12. The zero-order chi connectivity index (χ0) is 12.4. The Morgan fingerprint density at radius 1 is 1.33 bits per heavy atom. The number of hydrogen-bond acceptors (Lipinski definition) is 2. The van der Waals surface area contributed by atoms with E-state index in [4.69, 9.17) is 0 Å². The van der Waals surface area contributed by atoms with Crippen molar-refractivity contribution in [2.75, 3.05) is 19.6 Å². The van der Waals surface area contributed by atoms with Crippen molar-refractivity contribution in [2.24, 2.45) is 5.92 Å². The Labute approximate surface area is 110 Å². The van der Waals surface area contributed by atoms with Crippen LogP contribution in [0.15, 0.2) is 18.5 Å². The van der Waals surface area contributed by atoms with Gasteiger partial charge in [0, 0.05) is 38.1 Å². The van der Waals surface area contributed by atoms with Crippen LogP contribution >= 0.6 is 0 Å². The van der Waals surface area contributed by atoms with Gasteiger partial charge in [0.2, 0.25) is 0 Å². The summed E-state index contributed by atoms with van der Waals surface area (Å²) >= 11 is 0.